The largest absolute Gasteiger partial charge is 0.337 e. The molecule has 2 aromatic carbocycles. The normalized spacial score (nSPS) is 31.5. The molecule has 5 aliphatic carbocycles. The highest BCUT2D eigenvalue weighted by Crippen LogP contribution is 2.58. The molecule has 0 bridgehead atoms. The van der Waals surface area contributed by atoms with E-state index in [2.05, 4.69) is 175 Å². The third-order valence-electron chi connectivity index (χ3n) is 11.7. The second-order valence-corrected chi connectivity index (χ2v) is 14.5. The van der Waals surface area contributed by atoms with Gasteiger partial charge in [0.2, 0.25) is 0 Å². The first-order valence-corrected chi connectivity index (χ1v) is 17.4. The Bertz CT molecular complexity index is 1980. The zero-order chi connectivity index (χ0) is 31.6. The maximum Gasteiger partial charge on any atom is 0.0653 e. The van der Waals surface area contributed by atoms with Gasteiger partial charge in [-0.05, 0) is 84.1 Å². The van der Waals surface area contributed by atoms with Crippen LogP contribution in [-0.4, -0.2) is 17.0 Å². The van der Waals surface area contributed by atoms with E-state index in [1.54, 1.807) is 0 Å². The van der Waals surface area contributed by atoms with Gasteiger partial charge in [-0.1, -0.05) is 134 Å². The quantitative estimate of drug-likeness (QED) is 0.340. The molecule has 0 saturated heterocycles. The molecule has 0 radical (unpaired) electrons. The fourth-order valence-corrected chi connectivity index (χ4v) is 9.07. The van der Waals surface area contributed by atoms with Gasteiger partial charge in [0, 0.05) is 40.2 Å². The summed E-state index contributed by atoms with van der Waals surface area (Å²) in [4.78, 5) is 5.32. The number of hydrogen-bond donors (Lipinski definition) is 0. The van der Waals surface area contributed by atoms with E-state index in [0.29, 0.717) is 5.92 Å². The number of hydrogen-bond acceptors (Lipinski definition) is 2. The lowest BCUT2D eigenvalue weighted by molar-refractivity contribution is 0.283. The van der Waals surface area contributed by atoms with Crippen molar-refractivity contribution in [2.45, 2.75) is 51.6 Å². The van der Waals surface area contributed by atoms with E-state index in [1.807, 2.05) is 0 Å². The van der Waals surface area contributed by atoms with Crippen LogP contribution in [0.15, 0.2) is 174 Å². The number of allylic oxidation sites excluding steroid dienone is 15. The molecular formula is C45H42N2. The van der Waals surface area contributed by atoms with Gasteiger partial charge in [0.15, 0.2) is 0 Å². The molecular weight excluding hydrogens is 569 g/mol. The SMILES string of the molecule is CC1(C2C=CC(N3C4=C(C=C5c6ccccc6N(C6=CC(c7ccccc7)=CCC=C6)C5C4)C4(C)C=CC=CC34)=CC2)C=CC=CC1. The summed E-state index contributed by atoms with van der Waals surface area (Å²) in [5.41, 5.74) is 12.3. The van der Waals surface area contributed by atoms with Crippen molar-refractivity contribution in [3.63, 3.8) is 0 Å². The molecule has 2 aromatic rings. The van der Waals surface area contributed by atoms with Crippen molar-refractivity contribution < 1.29 is 0 Å². The van der Waals surface area contributed by atoms with Crippen LogP contribution in [0.1, 0.15) is 50.7 Å². The van der Waals surface area contributed by atoms with Gasteiger partial charge in [-0.3, -0.25) is 0 Å². The van der Waals surface area contributed by atoms with Gasteiger partial charge in [-0.15, -0.1) is 0 Å². The topological polar surface area (TPSA) is 6.48 Å². The Morgan fingerprint density at radius 1 is 0.745 bits per heavy atom. The van der Waals surface area contributed by atoms with Crippen LogP contribution in [0.4, 0.5) is 5.69 Å². The van der Waals surface area contributed by atoms with Gasteiger partial charge in [0.25, 0.3) is 0 Å². The van der Waals surface area contributed by atoms with Crippen molar-refractivity contribution in [1.29, 1.82) is 0 Å². The Morgan fingerprint density at radius 3 is 2.43 bits per heavy atom. The Morgan fingerprint density at radius 2 is 1.60 bits per heavy atom. The molecule has 0 N–H and O–H groups in total. The van der Waals surface area contributed by atoms with Crippen molar-refractivity contribution in [1.82, 2.24) is 4.90 Å². The summed E-state index contributed by atoms with van der Waals surface area (Å²) in [5, 5.41) is 0. The van der Waals surface area contributed by atoms with Crippen LogP contribution in [0.3, 0.4) is 0 Å². The van der Waals surface area contributed by atoms with Crippen LogP contribution in [0.2, 0.25) is 0 Å². The molecule has 5 unspecified atom stereocenters. The molecule has 232 valence electrons. The number of nitrogens with zero attached hydrogens (tertiary/aromatic N) is 2. The lowest BCUT2D eigenvalue weighted by Gasteiger charge is -2.40. The lowest BCUT2D eigenvalue weighted by Crippen LogP contribution is -2.39. The number of para-hydroxylation sites is 1. The molecule has 0 amide bonds. The summed E-state index contributed by atoms with van der Waals surface area (Å²) in [6, 6.07) is 20.4. The first-order chi connectivity index (χ1) is 23.0. The molecule has 2 aliphatic heterocycles. The average Bonchev–Trinajstić information content (AvgIpc) is 3.42. The Balaban J connectivity index is 1.12. The Labute approximate surface area is 279 Å². The van der Waals surface area contributed by atoms with Gasteiger partial charge in [0.1, 0.15) is 0 Å². The third kappa shape index (κ3) is 4.45. The number of anilines is 1. The molecule has 0 aromatic heterocycles. The summed E-state index contributed by atoms with van der Waals surface area (Å²) in [7, 11) is 0. The molecule has 47 heavy (non-hydrogen) atoms. The van der Waals surface area contributed by atoms with E-state index in [1.165, 1.54) is 50.6 Å². The predicted octanol–water partition coefficient (Wildman–Crippen LogP) is 10.6. The molecule has 5 atom stereocenters. The highest BCUT2D eigenvalue weighted by Gasteiger charge is 2.52. The minimum absolute atomic E-state index is 0.0798. The molecule has 9 rings (SSSR count). The first-order valence-electron chi connectivity index (χ1n) is 17.4. The third-order valence-corrected chi connectivity index (χ3v) is 11.7. The molecule has 0 spiro atoms. The first kappa shape index (κ1) is 28.4. The number of benzene rings is 2. The monoisotopic (exact) mass is 610 g/mol. The molecule has 2 heteroatoms. The van der Waals surface area contributed by atoms with Crippen LogP contribution < -0.4 is 4.90 Å². The summed E-state index contributed by atoms with van der Waals surface area (Å²) in [6.45, 7) is 4.87. The second kappa shape index (κ2) is 10.9. The standard InChI is InChI=1S/C45H42N2/c1-44(26-12-4-13-27-44)34-22-24-35(25-23-34)47-42-31-41-38(30-39(42)45(2)28-14-11-21-43(45)47)37-19-9-10-20-40(37)46(41)36-18-8-7-17-33(29-36)32-15-5-3-6-16-32/h3-6,8-22,24-26,28-30,34,41,43H,7,23,27,31H2,1-2H3. The molecule has 7 aliphatic rings. The van der Waals surface area contributed by atoms with E-state index < -0.39 is 0 Å². The van der Waals surface area contributed by atoms with Crippen LogP contribution in [-0.2, 0) is 0 Å². The van der Waals surface area contributed by atoms with E-state index in [0.717, 1.165) is 25.7 Å². The van der Waals surface area contributed by atoms with E-state index in [9.17, 15) is 0 Å². The summed E-state index contributed by atoms with van der Waals surface area (Å²) in [6.07, 6.45) is 42.1. The predicted molar refractivity (Wildman–Crippen MR) is 197 cm³/mol. The van der Waals surface area contributed by atoms with Crippen molar-refractivity contribution in [3.8, 4) is 0 Å². The van der Waals surface area contributed by atoms with Crippen LogP contribution >= 0.6 is 0 Å². The maximum atomic E-state index is 2.70. The van der Waals surface area contributed by atoms with Crippen molar-refractivity contribution in [2.75, 3.05) is 4.90 Å². The summed E-state index contributed by atoms with van der Waals surface area (Å²) >= 11 is 0. The van der Waals surface area contributed by atoms with E-state index >= 15 is 0 Å². The van der Waals surface area contributed by atoms with Crippen molar-refractivity contribution >= 4 is 16.8 Å². The van der Waals surface area contributed by atoms with Crippen LogP contribution in [0.25, 0.3) is 11.1 Å². The average molecular weight is 611 g/mol. The minimum atomic E-state index is -0.0798. The molecule has 2 heterocycles. The second-order valence-electron chi connectivity index (χ2n) is 14.5. The van der Waals surface area contributed by atoms with Gasteiger partial charge < -0.3 is 9.80 Å². The molecule has 0 fully saturated rings. The van der Waals surface area contributed by atoms with E-state index in [4.69, 9.17) is 0 Å². The van der Waals surface area contributed by atoms with Gasteiger partial charge in [-0.25, -0.2) is 0 Å². The highest BCUT2D eigenvalue weighted by atomic mass is 15.2. The zero-order valence-electron chi connectivity index (χ0n) is 27.4. The van der Waals surface area contributed by atoms with Gasteiger partial charge in [-0.2, -0.15) is 0 Å². The fourth-order valence-electron chi connectivity index (χ4n) is 9.07. The highest BCUT2D eigenvalue weighted by molar-refractivity contribution is 5.93. The summed E-state index contributed by atoms with van der Waals surface area (Å²) in [5.74, 6) is 0.509. The van der Waals surface area contributed by atoms with Crippen LogP contribution in [0.5, 0.6) is 0 Å². The minimum Gasteiger partial charge on any atom is -0.337 e. The lowest BCUT2D eigenvalue weighted by atomic mass is 9.70. The Hall–Kier alpha value is -4.82. The molecule has 2 nitrogen and oxygen atoms in total. The van der Waals surface area contributed by atoms with E-state index in [-0.39, 0.29) is 22.9 Å². The summed E-state index contributed by atoms with van der Waals surface area (Å²) < 4.78 is 0. The van der Waals surface area contributed by atoms with Gasteiger partial charge >= 0.3 is 0 Å². The fraction of sp³-hybridized carbons (Fsp3) is 0.244. The van der Waals surface area contributed by atoms with Crippen molar-refractivity contribution in [2.24, 2.45) is 16.7 Å². The van der Waals surface area contributed by atoms with Crippen molar-refractivity contribution in [3.05, 3.63) is 186 Å². The zero-order valence-corrected chi connectivity index (χ0v) is 27.4. The van der Waals surface area contributed by atoms with Crippen LogP contribution in [0, 0.1) is 16.7 Å². The Kier molecular flexibility index (Phi) is 6.57. The number of fused-ring (bicyclic) bond motifs is 5. The maximum absolute atomic E-state index is 2.70. The van der Waals surface area contributed by atoms with Gasteiger partial charge in [0.05, 0.1) is 12.1 Å². The number of rotatable bonds is 4. The molecule has 0 saturated carbocycles. The smallest absolute Gasteiger partial charge is 0.0653 e.